The quantitative estimate of drug-likeness (QED) is 0.727. The molecule has 0 aromatic heterocycles. The predicted molar refractivity (Wildman–Crippen MR) is 76.6 cm³/mol. The van der Waals surface area contributed by atoms with Crippen molar-refractivity contribution in [3.05, 3.63) is 11.6 Å². The Labute approximate surface area is 131 Å². The van der Waals surface area contributed by atoms with E-state index in [2.05, 4.69) is 4.90 Å². The zero-order valence-corrected chi connectivity index (χ0v) is 12.9. The van der Waals surface area contributed by atoms with Gasteiger partial charge in [0.25, 0.3) is 0 Å². The second-order valence-corrected chi connectivity index (χ2v) is 7.90. The monoisotopic (exact) mass is 333 g/mol. The molecule has 3 nitrogen and oxygen atoms in total. The summed E-state index contributed by atoms with van der Waals surface area (Å²) >= 11 is 0.992. The van der Waals surface area contributed by atoms with Gasteiger partial charge in [-0.15, -0.1) is 11.8 Å². The number of ether oxygens (including phenoxy) is 1. The molecule has 1 aliphatic carbocycles. The first-order valence-corrected chi connectivity index (χ1v) is 8.82. The number of thioether (sulfide) groups is 1. The van der Waals surface area contributed by atoms with E-state index < -0.39 is 17.5 Å². The van der Waals surface area contributed by atoms with Gasteiger partial charge in [-0.25, -0.2) is 4.79 Å². The number of carbonyl (C=O) groups excluding carboxylic acids is 1. The highest BCUT2D eigenvalue weighted by Crippen LogP contribution is 2.56. The smallest absolute Gasteiger partial charge is 0.397 e. The van der Waals surface area contributed by atoms with Gasteiger partial charge in [0.2, 0.25) is 0 Å². The van der Waals surface area contributed by atoms with Crippen LogP contribution in [0, 0.1) is 0 Å². The molecule has 0 unspecified atom stereocenters. The van der Waals surface area contributed by atoms with Crippen LogP contribution in [0.1, 0.15) is 32.1 Å². The van der Waals surface area contributed by atoms with E-state index in [0.717, 1.165) is 43.1 Å². The van der Waals surface area contributed by atoms with Crippen LogP contribution >= 0.6 is 11.8 Å². The van der Waals surface area contributed by atoms with E-state index in [1.54, 1.807) is 0 Å². The minimum absolute atomic E-state index is 0.0979. The van der Waals surface area contributed by atoms with Crippen LogP contribution in [0.15, 0.2) is 11.6 Å². The molecule has 7 heteroatoms. The molecule has 4 rings (SSSR count). The van der Waals surface area contributed by atoms with Crippen LogP contribution < -0.4 is 0 Å². The first-order chi connectivity index (χ1) is 10.4. The van der Waals surface area contributed by atoms with Crippen molar-refractivity contribution >= 4 is 17.7 Å². The molecule has 0 aromatic carbocycles. The van der Waals surface area contributed by atoms with Crippen molar-refractivity contribution in [3.63, 3.8) is 0 Å². The molecule has 3 aliphatic heterocycles. The standard InChI is InChI=1S/C15H18F3NO2S/c16-15(17,18)8-22-11-5-9-6-13(20)21-14(9)7-10(11)19-4-2-1-3-12(14)19/h6,10-12H,1-5,7-8H2/t10-,11+,12+,14-/m0/s1. The topological polar surface area (TPSA) is 29.5 Å². The third-order valence-electron chi connectivity index (χ3n) is 5.45. The Balaban J connectivity index is 1.63. The van der Waals surface area contributed by atoms with Crippen LogP contribution in [0.2, 0.25) is 0 Å². The average molecular weight is 333 g/mol. The van der Waals surface area contributed by atoms with E-state index in [0.29, 0.717) is 12.8 Å². The van der Waals surface area contributed by atoms with Crippen molar-refractivity contribution in [2.45, 2.75) is 61.2 Å². The Bertz CT molecular complexity index is 535. The van der Waals surface area contributed by atoms with Crippen LogP contribution in [-0.2, 0) is 9.53 Å². The third kappa shape index (κ3) is 2.19. The molecule has 3 heterocycles. The summed E-state index contributed by atoms with van der Waals surface area (Å²) in [6, 6.07) is 0.265. The highest BCUT2D eigenvalue weighted by molar-refractivity contribution is 8.00. The Hall–Kier alpha value is -0.690. The predicted octanol–water partition coefficient (Wildman–Crippen LogP) is 2.90. The maximum atomic E-state index is 12.6. The van der Waals surface area contributed by atoms with Crippen LogP contribution in [0.5, 0.6) is 0 Å². The lowest BCUT2D eigenvalue weighted by molar-refractivity contribution is -0.148. The summed E-state index contributed by atoms with van der Waals surface area (Å²) in [6.45, 7) is 0.908. The Morgan fingerprint density at radius 1 is 1.41 bits per heavy atom. The summed E-state index contributed by atoms with van der Waals surface area (Å²) in [5, 5.41) is -0.0985. The van der Waals surface area contributed by atoms with Gasteiger partial charge in [-0.2, -0.15) is 13.2 Å². The van der Waals surface area contributed by atoms with E-state index in [1.807, 2.05) is 0 Å². The van der Waals surface area contributed by atoms with Crippen LogP contribution in [-0.4, -0.2) is 52.3 Å². The van der Waals surface area contributed by atoms with Gasteiger partial charge < -0.3 is 4.74 Å². The second-order valence-electron chi connectivity index (χ2n) is 6.67. The van der Waals surface area contributed by atoms with Crippen molar-refractivity contribution in [3.8, 4) is 0 Å². The van der Waals surface area contributed by atoms with Crippen LogP contribution in [0.4, 0.5) is 13.2 Å². The van der Waals surface area contributed by atoms with Gasteiger partial charge in [-0.1, -0.05) is 6.42 Å². The van der Waals surface area contributed by atoms with Gasteiger partial charge in [-0.3, -0.25) is 4.90 Å². The molecule has 3 fully saturated rings. The van der Waals surface area contributed by atoms with Crippen molar-refractivity contribution < 1.29 is 22.7 Å². The molecule has 1 saturated carbocycles. The summed E-state index contributed by atoms with van der Waals surface area (Å²) in [6.07, 6.45) is 1.76. The number of alkyl halides is 3. The van der Waals surface area contributed by atoms with Gasteiger partial charge in [0, 0.05) is 23.8 Å². The van der Waals surface area contributed by atoms with Gasteiger partial charge in [-0.05, 0) is 31.4 Å². The van der Waals surface area contributed by atoms with E-state index in [1.165, 1.54) is 6.08 Å². The zero-order chi connectivity index (χ0) is 15.5. The summed E-state index contributed by atoms with van der Waals surface area (Å²) in [7, 11) is 0. The first kappa shape index (κ1) is 14.9. The molecule has 0 N–H and O–H groups in total. The molecule has 1 spiro atoms. The molecule has 0 radical (unpaired) electrons. The van der Waals surface area contributed by atoms with Crippen LogP contribution in [0.25, 0.3) is 0 Å². The fourth-order valence-electron chi connectivity index (χ4n) is 4.71. The summed E-state index contributed by atoms with van der Waals surface area (Å²) in [4.78, 5) is 14.1. The van der Waals surface area contributed by atoms with Gasteiger partial charge in [0.1, 0.15) is 0 Å². The van der Waals surface area contributed by atoms with Crippen molar-refractivity contribution in [2.75, 3.05) is 12.3 Å². The highest BCUT2D eigenvalue weighted by Gasteiger charge is 2.63. The lowest BCUT2D eigenvalue weighted by Crippen LogP contribution is -2.48. The lowest BCUT2D eigenvalue weighted by Gasteiger charge is -2.38. The van der Waals surface area contributed by atoms with E-state index in [9.17, 15) is 18.0 Å². The molecular formula is C15H18F3NO2S. The SMILES string of the molecule is O=C1C=C2C[C@@H](SCC(F)(F)F)[C@@H]3C[C@@]2(O1)[C@H]1CCCCN31. The maximum Gasteiger partial charge on any atom is 0.397 e. The van der Waals surface area contributed by atoms with E-state index in [4.69, 9.17) is 4.74 Å². The minimum atomic E-state index is -4.14. The summed E-state index contributed by atoms with van der Waals surface area (Å²) in [5.74, 6) is -1.13. The number of hydrogen-bond acceptors (Lipinski definition) is 4. The number of fused-ring (bicyclic) bond motifs is 3. The number of rotatable bonds is 2. The van der Waals surface area contributed by atoms with Crippen molar-refractivity contribution in [2.24, 2.45) is 0 Å². The number of piperidine rings is 1. The third-order valence-corrected chi connectivity index (χ3v) is 6.85. The fraction of sp³-hybridized carbons (Fsp3) is 0.800. The summed E-state index contributed by atoms with van der Waals surface area (Å²) in [5.41, 5.74) is 0.403. The lowest BCUT2D eigenvalue weighted by atomic mass is 9.77. The molecule has 4 atom stereocenters. The van der Waals surface area contributed by atoms with Gasteiger partial charge in [0.05, 0.1) is 11.8 Å². The molecule has 0 amide bonds. The minimum Gasteiger partial charge on any atom is -0.450 e. The number of nitrogens with zero attached hydrogens (tertiary/aromatic N) is 1. The zero-order valence-electron chi connectivity index (χ0n) is 12.1. The molecule has 2 bridgehead atoms. The number of halogens is 3. The fourth-order valence-corrected chi connectivity index (χ4v) is 5.89. The Morgan fingerprint density at radius 3 is 3.00 bits per heavy atom. The van der Waals surface area contributed by atoms with E-state index >= 15 is 0 Å². The molecule has 122 valence electrons. The second kappa shape index (κ2) is 4.90. The number of carbonyl (C=O) groups is 1. The highest BCUT2D eigenvalue weighted by atomic mass is 32.2. The molecular weight excluding hydrogens is 315 g/mol. The average Bonchev–Trinajstić information content (AvgIpc) is 2.92. The van der Waals surface area contributed by atoms with Gasteiger partial charge >= 0.3 is 12.1 Å². The van der Waals surface area contributed by atoms with E-state index in [-0.39, 0.29) is 23.3 Å². The summed E-state index contributed by atoms with van der Waals surface area (Å²) < 4.78 is 43.5. The van der Waals surface area contributed by atoms with Crippen molar-refractivity contribution in [1.82, 2.24) is 4.90 Å². The molecule has 4 aliphatic rings. The maximum absolute atomic E-state index is 12.6. The Morgan fingerprint density at radius 2 is 2.23 bits per heavy atom. The number of esters is 1. The largest absolute Gasteiger partial charge is 0.450 e. The molecule has 2 saturated heterocycles. The first-order valence-electron chi connectivity index (χ1n) is 7.77. The Kier molecular flexibility index (Phi) is 3.31. The normalized spacial score (nSPS) is 41.0. The van der Waals surface area contributed by atoms with Crippen molar-refractivity contribution in [1.29, 1.82) is 0 Å². The van der Waals surface area contributed by atoms with Gasteiger partial charge in [0.15, 0.2) is 5.60 Å². The molecule has 0 aromatic rings. The number of hydrogen-bond donors (Lipinski definition) is 0. The van der Waals surface area contributed by atoms with Crippen LogP contribution in [0.3, 0.4) is 0 Å². The molecule has 22 heavy (non-hydrogen) atoms.